The number of aromatic nitrogens is 3. The van der Waals surface area contributed by atoms with Gasteiger partial charge in [-0.3, -0.25) is 4.79 Å². The molecule has 0 radical (unpaired) electrons. The van der Waals surface area contributed by atoms with Crippen molar-refractivity contribution < 1.29 is 4.79 Å². The summed E-state index contributed by atoms with van der Waals surface area (Å²) in [7, 11) is 0. The van der Waals surface area contributed by atoms with Crippen molar-refractivity contribution in [3.8, 4) is 17.1 Å². The van der Waals surface area contributed by atoms with Gasteiger partial charge in [-0.15, -0.1) is 0 Å². The van der Waals surface area contributed by atoms with Gasteiger partial charge in [-0.1, -0.05) is 24.6 Å². The fraction of sp³-hybridized carbons (Fsp3) is 0.211. The molecule has 1 aliphatic heterocycles. The zero-order chi connectivity index (χ0) is 18.3. The highest BCUT2D eigenvalue weighted by Gasteiger charge is 2.24. The van der Waals surface area contributed by atoms with Gasteiger partial charge in [0.2, 0.25) is 0 Å². The summed E-state index contributed by atoms with van der Waals surface area (Å²) in [5.74, 6) is 1.10. The Balaban J connectivity index is 2.02. The molecule has 0 bridgehead atoms. The SMILES string of the molecule is CCc1ccc(Cl)cc1-c1c(C(N)=O)ccn1-c1ncnc2c1CCN2. The monoisotopic (exact) mass is 367 g/mol. The van der Waals surface area contributed by atoms with E-state index in [0.29, 0.717) is 16.3 Å². The standard InChI is InChI=1S/C19H18ClN5O/c1-2-11-3-4-12(20)9-15(11)16-13(17(21)26)6-8-25(16)19-14-5-7-22-18(14)23-10-24-19/h3-4,6,8-10H,2,5,7H2,1H3,(H2,21,26)(H,22,23,24). The van der Waals surface area contributed by atoms with E-state index in [1.165, 1.54) is 6.33 Å². The molecular weight excluding hydrogens is 350 g/mol. The van der Waals surface area contributed by atoms with Crippen LogP contribution in [0.4, 0.5) is 5.82 Å². The van der Waals surface area contributed by atoms with Crippen LogP contribution >= 0.6 is 11.6 Å². The number of primary amides is 1. The van der Waals surface area contributed by atoms with Crippen LogP contribution in [0.1, 0.15) is 28.4 Å². The van der Waals surface area contributed by atoms with E-state index in [2.05, 4.69) is 22.2 Å². The first-order valence-electron chi connectivity index (χ1n) is 8.48. The summed E-state index contributed by atoms with van der Waals surface area (Å²) in [4.78, 5) is 20.9. The molecule has 7 heteroatoms. The topological polar surface area (TPSA) is 85.8 Å². The molecule has 26 heavy (non-hydrogen) atoms. The van der Waals surface area contributed by atoms with E-state index < -0.39 is 5.91 Å². The molecule has 0 fully saturated rings. The molecule has 1 aromatic carbocycles. The number of fused-ring (bicyclic) bond motifs is 1. The van der Waals surface area contributed by atoms with Crippen molar-refractivity contribution in [3.63, 3.8) is 0 Å². The second kappa shape index (κ2) is 6.46. The number of nitrogens with one attached hydrogen (secondary N) is 1. The molecule has 4 rings (SSSR count). The van der Waals surface area contributed by atoms with Crippen molar-refractivity contribution in [1.82, 2.24) is 14.5 Å². The molecule has 6 nitrogen and oxygen atoms in total. The second-order valence-corrected chi connectivity index (χ2v) is 6.60. The molecule has 0 spiro atoms. The minimum Gasteiger partial charge on any atom is -0.369 e. The van der Waals surface area contributed by atoms with Crippen molar-refractivity contribution in [2.45, 2.75) is 19.8 Å². The van der Waals surface area contributed by atoms with Crippen LogP contribution in [0.15, 0.2) is 36.8 Å². The minimum atomic E-state index is -0.482. The zero-order valence-electron chi connectivity index (χ0n) is 14.3. The van der Waals surface area contributed by atoms with Gasteiger partial charge in [-0.25, -0.2) is 9.97 Å². The predicted octanol–water partition coefficient (Wildman–Crippen LogP) is 3.22. The Kier molecular flexibility index (Phi) is 4.12. The molecule has 2 aromatic heterocycles. The first-order chi connectivity index (χ1) is 12.6. The number of rotatable bonds is 4. The number of benzene rings is 1. The lowest BCUT2D eigenvalue weighted by molar-refractivity contribution is 0.100. The van der Waals surface area contributed by atoms with Crippen LogP contribution in [0.3, 0.4) is 0 Å². The van der Waals surface area contributed by atoms with Crippen molar-refractivity contribution in [2.75, 3.05) is 11.9 Å². The Bertz CT molecular complexity index is 1010. The van der Waals surface area contributed by atoms with Gasteiger partial charge in [0.15, 0.2) is 0 Å². The Morgan fingerprint density at radius 1 is 1.35 bits per heavy atom. The van der Waals surface area contributed by atoms with E-state index in [9.17, 15) is 4.79 Å². The molecule has 1 aliphatic rings. The molecule has 0 aliphatic carbocycles. The minimum absolute atomic E-state index is 0.445. The number of hydrogen-bond donors (Lipinski definition) is 2. The van der Waals surface area contributed by atoms with Crippen molar-refractivity contribution in [3.05, 3.63) is 58.5 Å². The average molecular weight is 368 g/mol. The number of nitrogens with zero attached hydrogens (tertiary/aromatic N) is 3. The molecular formula is C19H18ClN5O. The molecule has 0 atom stereocenters. The van der Waals surface area contributed by atoms with Crippen molar-refractivity contribution in [1.29, 1.82) is 0 Å². The van der Waals surface area contributed by atoms with E-state index in [4.69, 9.17) is 17.3 Å². The summed E-state index contributed by atoms with van der Waals surface area (Å²) in [6.45, 7) is 2.88. The number of nitrogens with two attached hydrogens (primary N) is 1. The van der Waals surface area contributed by atoms with Gasteiger partial charge in [0, 0.05) is 28.9 Å². The Labute approximate surface area is 156 Å². The van der Waals surface area contributed by atoms with E-state index in [1.807, 2.05) is 29.0 Å². The molecule has 3 heterocycles. The second-order valence-electron chi connectivity index (χ2n) is 6.17. The number of anilines is 1. The maximum Gasteiger partial charge on any atom is 0.250 e. The molecule has 0 unspecified atom stereocenters. The highest BCUT2D eigenvalue weighted by atomic mass is 35.5. The number of hydrogen-bond acceptors (Lipinski definition) is 4. The van der Waals surface area contributed by atoms with Gasteiger partial charge in [-0.2, -0.15) is 0 Å². The highest BCUT2D eigenvalue weighted by molar-refractivity contribution is 6.31. The summed E-state index contributed by atoms with van der Waals surface area (Å²) >= 11 is 6.25. The van der Waals surface area contributed by atoms with Gasteiger partial charge in [0.1, 0.15) is 18.0 Å². The summed E-state index contributed by atoms with van der Waals surface area (Å²) < 4.78 is 1.92. The van der Waals surface area contributed by atoms with Gasteiger partial charge in [-0.05, 0) is 36.6 Å². The quantitative estimate of drug-likeness (QED) is 0.741. The summed E-state index contributed by atoms with van der Waals surface area (Å²) in [6, 6.07) is 7.44. The third kappa shape index (κ3) is 2.63. The first kappa shape index (κ1) is 16.6. The first-order valence-corrected chi connectivity index (χ1v) is 8.86. The molecule has 0 saturated carbocycles. The largest absolute Gasteiger partial charge is 0.369 e. The van der Waals surface area contributed by atoms with Crippen molar-refractivity contribution in [2.24, 2.45) is 5.73 Å². The van der Waals surface area contributed by atoms with Crippen LogP contribution < -0.4 is 11.1 Å². The van der Waals surface area contributed by atoms with Gasteiger partial charge in [0.05, 0.1) is 11.3 Å². The molecule has 3 N–H and O–H groups in total. The van der Waals surface area contributed by atoms with Crippen LogP contribution in [-0.4, -0.2) is 27.0 Å². The van der Waals surface area contributed by atoms with Crippen LogP contribution in [0.2, 0.25) is 5.02 Å². The lowest BCUT2D eigenvalue weighted by atomic mass is 9.99. The average Bonchev–Trinajstić information content (AvgIpc) is 3.28. The lowest BCUT2D eigenvalue weighted by Crippen LogP contribution is -2.13. The molecule has 3 aromatic rings. The van der Waals surface area contributed by atoms with E-state index in [1.54, 1.807) is 6.07 Å². The maximum absolute atomic E-state index is 12.1. The highest BCUT2D eigenvalue weighted by Crippen LogP contribution is 2.35. The molecule has 132 valence electrons. The van der Waals surface area contributed by atoms with E-state index in [0.717, 1.165) is 47.7 Å². The normalized spacial score (nSPS) is 12.7. The maximum atomic E-state index is 12.1. The number of carbonyl (C=O) groups is 1. The summed E-state index contributed by atoms with van der Waals surface area (Å²) in [5.41, 5.74) is 9.81. The van der Waals surface area contributed by atoms with E-state index >= 15 is 0 Å². The van der Waals surface area contributed by atoms with Gasteiger partial charge >= 0.3 is 0 Å². The molecule has 0 saturated heterocycles. The van der Waals surface area contributed by atoms with E-state index in [-0.39, 0.29) is 0 Å². The van der Waals surface area contributed by atoms with Crippen LogP contribution in [0.5, 0.6) is 0 Å². The number of carbonyl (C=O) groups excluding carboxylic acids is 1. The van der Waals surface area contributed by atoms with Gasteiger partial charge < -0.3 is 15.6 Å². The van der Waals surface area contributed by atoms with Crippen LogP contribution in [-0.2, 0) is 12.8 Å². The number of amides is 1. The lowest BCUT2D eigenvalue weighted by Gasteiger charge is -2.15. The summed E-state index contributed by atoms with van der Waals surface area (Å²) in [5, 5.41) is 3.86. The van der Waals surface area contributed by atoms with Gasteiger partial charge in [0.25, 0.3) is 5.91 Å². The predicted molar refractivity (Wildman–Crippen MR) is 102 cm³/mol. The third-order valence-corrected chi connectivity index (χ3v) is 4.91. The fourth-order valence-corrected chi connectivity index (χ4v) is 3.63. The van der Waals surface area contributed by atoms with Crippen LogP contribution in [0, 0.1) is 0 Å². The smallest absolute Gasteiger partial charge is 0.250 e. The Hall–Kier alpha value is -2.86. The molecule has 1 amide bonds. The Morgan fingerprint density at radius 3 is 2.96 bits per heavy atom. The number of halogens is 1. The fourth-order valence-electron chi connectivity index (χ4n) is 3.46. The zero-order valence-corrected chi connectivity index (χ0v) is 15.0. The summed E-state index contributed by atoms with van der Waals surface area (Å²) in [6.07, 6.45) is 4.99. The third-order valence-electron chi connectivity index (χ3n) is 4.68. The van der Waals surface area contributed by atoms with Crippen molar-refractivity contribution >= 4 is 23.3 Å². The van der Waals surface area contributed by atoms with Crippen LogP contribution in [0.25, 0.3) is 17.1 Å². The number of aryl methyl sites for hydroxylation is 1. The Morgan fingerprint density at radius 2 is 2.19 bits per heavy atom.